The first-order chi connectivity index (χ1) is 9.97. The van der Waals surface area contributed by atoms with Crippen molar-refractivity contribution in [3.05, 3.63) is 0 Å². The Morgan fingerprint density at radius 2 is 2.10 bits per heavy atom. The lowest BCUT2D eigenvalue weighted by Crippen LogP contribution is -2.50. The standard InChI is InChI=1S/C13H26N2O5S/c1-3-7-14(9-10-16)21(18,19)15-8-5-6-12(11-15)13(17)20-4-2/h12,16H,3-11H2,1-2H3. The maximum absolute atomic E-state index is 12.6. The van der Waals surface area contributed by atoms with Crippen molar-refractivity contribution in [2.24, 2.45) is 5.92 Å². The fourth-order valence-corrected chi connectivity index (χ4v) is 4.25. The van der Waals surface area contributed by atoms with Gasteiger partial charge in [-0.15, -0.1) is 0 Å². The van der Waals surface area contributed by atoms with Crippen molar-refractivity contribution >= 4 is 16.2 Å². The Kier molecular flexibility index (Phi) is 7.58. The molecule has 0 aliphatic carbocycles. The second kappa shape index (κ2) is 8.67. The Balaban J connectivity index is 2.79. The number of hydrogen-bond acceptors (Lipinski definition) is 5. The van der Waals surface area contributed by atoms with Gasteiger partial charge in [-0.2, -0.15) is 17.0 Å². The Morgan fingerprint density at radius 3 is 2.67 bits per heavy atom. The van der Waals surface area contributed by atoms with Crippen molar-refractivity contribution in [1.29, 1.82) is 0 Å². The molecule has 1 rings (SSSR count). The average Bonchev–Trinajstić information content (AvgIpc) is 2.47. The molecular weight excluding hydrogens is 296 g/mol. The molecule has 1 aliphatic rings. The Hall–Kier alpha value is -0.700. The molecule has 124 valence electrons. The minimum atomic E-state index is -3.63. The normalized spacial score (nSPS) is 20.7. The van der Waals surface area contributed by atoms with Gasteiger partial charge in [0.2, 0.25) is 0 Å². The van der Waals surface area contributed by atoms with Crippen LogP contribution in [0.5, 0.6) is 0 Å². The first kappa shape index (κ1) is 18.3. The van der Waals surface area contributed by atoms with Gasteiger partial charge in [-0.3, -0.25) is 4.79 Å². The molecule has 8 heteroatoms. The van der Waals surface area contributed by atoms with Gasteiger partial charge in [-0.25, -0.2) is 0 Å². The monoisotopic (exact) mass is 322 g/mol. The second-order valence-corrected chi connectivity index (χ2v) is 7.01. The highest BCUT2D eigenvalue weighted by Crippen LogP contribution is 2.22. The van der Waals surface area contributed by atoms with Crippen LogP contribution in [0.1, 0.15) is 33.1 Å². The predicted octanol–water partition coefficient (Wildman–Crippen LogP) is 0.211. The van der Waals surface area contributed by atoms with Crippen LogP contribution in [0.25, 0.3) is 0 Å². The van der Waals surface area contributed by atoms with Crippen molar-refractivity contribution in [3.8, 4) is 0 Å². The molecule has 1 fully saturated rings. The number of esters is 1. The summed E-state index contributed by atoms with van der Waals surface area (Å²) in [6.07, 6.45) is 1.97. The summed E-state index contributed by atoms with van der Waals surface area (Å²) in [5.41, 5.74) is 0. The topological polar surface area (TPSA) is 87.2 Å². The molecule has 1 aliphatic heterocycles. The molecular formula is C13H26N2O5S. The van der Waals surface area contributed by atoms with Gasteiger partial charge < -0.3 is 9.84 Å². The molecule has 7 nitrogen and oxygen atoms in total. The summed E-state index contributed by atoms with van der Waals surface area (Å²) in [6, 6.07) is 0. The van der Waals surface area contributed by atoms with Crippen LogP contribution in [0.15, 0.2) is 0 Å². The van der Waals surface area contributed by atoms with E-state index >= 15 is 0 Å². The van der Waals surface area contributed by atoms with Gasteiger partial charge in [0.15, 0.2) is 0 Å². The summed E-state index contributed by atoms with van der Waals surface area (Å²) >= 11 is 0. The van der Waals surface area contributed by atoms with E-state index in [9.17, 15) is 13.2 Å². The molecule has 0 bridgehead atoms. The van der Waals surface area contributed by atoms with E-state index in [2.05, 4.69) is 0 Å². The van der Waals surface area contributed by atoms with Crippen molar-refractivity contribution in [2.45, 2.75) is 33.1 Å². The Morgan fingerprint density at radius 1 is 1.38 bits per heavy atom. The van der Waals surface area contributed by atoms with E-state index < -0.39 is 16.1 Å². The van der Waals surface area contributed by atoms with Gasteiger partial charge in [-0.1, -0.05) is 6.92 Å². The summed E-state index contributed by atoms with van der Waals surface area (Å²) in [5, 5.41) is 9.04. The maximum atomic E-state index is 12.6. The van der Waals surface area contributed by atoms with E-state index in [1.165, 1.54) is 8.61 Å². The van der Waals surface area contributed by atoms with Crippen LogP contribution in [-0.2, 0) is 19.7 Å². The number of carbonyl (C=O) groups is 1. The largest absolute Gasteiger partial charge is 0.466 e. The Bertz CT molecular complexity index is 420. The van der Waals surface area contributed by atoms with E-state index in [0.29, 0.717) is 39.0 Å². The minimum Gasteiger partial charge on any atom is -0.466 e. The highest BCUT2D eigenvalue weighted by atomic mass is 32.2. The van der Waals surface area contributed by atoms with E-state index in [1.807, 2.05) is 6.92 Å². The molecule has 1 atom stereocenters. The number of carbonyl (C=O) groups excluding carboxylic acids is 1. The van der Waals surface area contributed by atoms with E-state index in [4.69, 9.17) is 9.84 Å². The molecule has 1 saturated heterocycles. The van der Waals surface area contributed by atoms with E-state index in [0.717, 1.165) is 0 Å². The zero-order chi connectivity index (χ0) is 15.9. The van der Waals surface area contributed by atoms with Crippen molar-refractivity contribution in [2.75, 3.05) is 39.4 Å². The summed E-state index contributed by atoms with van der Waals surface area (Å²) in [6.45, 7) is 4.72. The van der Waals surface area contributed by atoms with Crippen LogP contribution in [0.4, 0.5) is 0 Å². The number of aliphatic hydroxyl groups is 1. The fraction of sp³-hybridized carbons (Fsp3) is 0.923. The summed E-state index contributed by atoms with van der Waals surface area (Å²) in [5.74, 6) is -0.729. The molecule has 0 aromatic heterocycles. The van der Waals surface area contributed by atoms with E-state index in [1.54, 1.807) is 6.92 Å². The van der Waals surface area contributed by atoms with Gasteiger partial charge in [0, 0.05) is 26.2 Å². The van der Waals surface area contributed by atoms with Gasteiger partial charge in [0.25, 0.3) is 10.2 Å². The van der Waals surface area contributed by atoms with Gasteiger partial charge in [0.05, 0.1) is 19.1 Å². The number of ether oxygens (including phenoxy) is 1. The number of aliphatic hydroxyl groups excluding tert-OH is 1. The summed E-state index contributed by atoms with van der Waals surface area (Å²) < 4.78 is 32.8. The average molecular weight is 322 g/mol. The van der Waals surface area contributed by atoms with Crippen LogP contribution in [0, 0.1) is 5.92 Å². The van der Waals surface area contributed by atoms with Crippen molar-refractivity contribution in [1.82, 2.24) is 8.61 Å². The molecule has 0 spiro atoms. The number of hydrogen-bond donors (Lipinski definition) is 1. The van der Waals surface area contributed by atoms with Crippen molar-refractivity contribution in [3.63, 3.8) is 0 Å². The molecule has 0 radical (unpaired) electrons. The highest BCUT2D eigenvalue weighted by Gasteiger charge is 2.35. The van der Waals surface area contributed by atoms with E-state index in [-0.39, 0.29) is 25.7 Å². The third-order valence-electron chi connectivity index (χ3n) is 3.48. The quantitative estimate of drug-likeness (QED) is 0.646. The van der Waals surface area contributed by atoms with Gasteiger partial charge in [0.1, 0.15) is 0 Å². The summed E-state index contributed by atoms with van der Waals surface area (Å²) in [4.78, 5) is 11.8. The maximum Gasteiger partial charge on any atom is 0.310 e. The predicted molar refractivity (Wildman–Crippen MR) is 78.8 cm³/mol. The molecule has 1 N–H and O–H groups in total. The second-order valence-electron chi connectivity index (χ2n) is 5.08. The number of piperidine rings is 1. The molecule has 1 heterocycles. The highest BCUT2D eigenvalue weighted by molar-refractivity contribution is 7.86. The third-order valence-corrected chi connectivity index (χ3v) is 5.48. The van der Waals surface area contributed by atoms with Gasteiger partial charge >= 0.3 is 5.97 Å². The minimum absolute atomic E-state index is 0.0801. The first-order valence-corrected chi connectivity index (χ1v) is 8.89. The zero-order valence-electron chi connectivity index (χ0n) is 12.8. The molecule has 1 unspecified atom stereocenters. The molecule has 0 saturated carbocycles. The van der Waals surface area contributed by atoms with Gasteiger partial charge in [-0.05, 0) is 26.2 Å². The smallest absolute Gasteiger partial charge is 0.310 e. The van der Waals surface area contributed by atoms with Crippen LogP contribution in [0.2, 0.25) is 0 Å². The van der Waals surface area contributed by atoms with Crippen LogP contribution in [-0.4, -0.2) is 67.5 Å². The lowest BCUT2D eigenvalue weighted by Gasteiger charge is -2.34. The van der Waals surface area contributed by atoms with Crippen LogP contribution < -0.4 is 0 Å². The molecule has 0 amide bonds. The van der Waals surface area contributed by atoms with Crippen LogP contribution in [0.3, 0.4) is 0 Å². The first-order valence-electron chi connectivity index (χ1n) is 7.50. The van der Waals surface area contributed by atoms with Crippen molar-refractivity contribution < 1.29 is 23.1 Å². The lowest BCUT2D eigenvalue weighted by molar-refractivity contribution is -0.149. The molecule has 21 heavy (non-hydrogen) atoms. The third kappa shape index (κ3) is 4.91. The number of nitrogens with zero attached hydrogens (tertiary/aromatic N) is 2. The van der Waals surface area contributed by atoms with Crippen LogP contribution >= 0.6 is 0 Å². The Labute approximate surface area is 127 Å². The summed E-state index contributed by atoms with van der Waals surface area (Å²) in [7, 11) is -3.63. The fourth-order valence-electron chi connectivity index (χ4n) is 2.47. The molecule has 0 aromatic carbocycles. The SMILES string of the molecule is CCCN(CCO)S(=O)(=O)N1CCCC(C(=O)OCC)C1. The number of rotatable bonds is 8. The lowest BCUT2D eigenvalue weighted by atomic mass is 10.0. The zero-order valence-corrected chi connectivity index (χ0v) is 13.6. The molecule has 0 aromatic rings.